The molecule has 1 heterocycles. The lowest BCUT2D eigenvalue weighted by molar-refractivity contribution is -0.137. The van der Waals surface area contributed by atoms with E-state index in [0.29, 0.717) is 15.8 Å². The standard InChI is InChI=1S/C19H9ClF3NO2/c20-15-8-7-14-16-12(15)5-2-6-13(16)17(25)24(18(14)26)11-4-1-3-10(9-11)19(21,22)23/h1-9H. The Morgan fingerprint density at radius 2 is 1.50 bits per heavy atom. The third-order valence-corrected chi connectivity index (χ3v) is 4.62. The number of hydrogen-bond donors (Lipinski definition) is 0. The molecule has 0 saturated heterocycles. The van der Waals surface area contributed by atoms with Gasteiger partial charge < -0.3 is 0 Å². The fraction of sp³-hybridized carbons (Fsp3) is 0.0526. The van der Waals surface area contributed by atoms with Gasteiger partial charge in [0.15, 0.2) is 0 Å². The van der Waals surface area contributed by atoms with Gasteiger partial charge in [-0.25, -0.2) is 4.90 Å². The highest BCUT2D eigenvalue weighted by Gasteiger charge is 2.36. The van der Waals surface area contributed by atoms with Gasteiger partial charge in [0.05, 0.1) is 11.3 Å². The first-order valence-corrected chi connectivity index (χ1v) is 7.94. The summed E-state index contributed by atoms with van der Waals surface area (Å²) in [6, 6.07) is 12.0. The zero-order chi connectivity index (χ0) is 18.6. The van der Waals surface area contributed by atoms with E-state index in [1.165, 1.54) is 24.3 Å². The maximum absolute atomic E-state index is 13.0. The Kier molecular flexibility index (Phi) is 3.56. The number of nitrogens with zero attached hydrogens (tertiary/aromatic N) is 1. The van der Waals surface area contributed by atoms with Crippen molar-refractivity contribution in [2.45, 2.75) is 6.18 Å². The zero-order valence-electron chi connectivity index (χ0n) is 13.0. The first kappa shape index (κ1) is 16.6. The first-order chi connectivity index (χ1) is 12.3. The van der Waals surface area contributed by atoms with Crippen LogP contribution in [0, 0.1) is 0 Å². The van der Waals surface area contributed by atoms with Crippen LogP contribution in [0.4, 0.5) is 18.9 Å². The van der Waals surface area contributed by atoms with Crippen LogP contribution >= 0.6 is 11.6 Å². The highest BCUT2D eigenvalue weighted by Crippen LogP contribution is 2.37. The third kappa shape index (κ3) is 2.37. The number of carbonyl (C=O) groups is 2. The van der Waals surface area contributed by atoms with Gasteiger partial charge in [-0.3, -0.25) is 9.59 Å². The molecule has 4 rings (SSSR count). The minimum atomic E-state index is -4.58. The Bertz CT molecular complexity index is 1070. The molecule has 0 bridgehead atoms. The predicted octanol–water partition coefficient (Wildman–Crippen LogP) is 5.31. The molecular formula is C19H9ClF3NO2. The quantitative estimate of drug-likeness (QED) is 0.540. The number of anilines is 1. The second-order valence-corrected chi connectivity index (χ2v) is 6.22. The number of imide groups is 1. The third-order valence-electron chi connectivity index (χ3n) is 4.29. The van der Waals surface area contributed by atoms with Gasteiger partial charge in [-0.15, -0.1) is 0 Å². The minimum Gasteiger partial charge on any atom is -0.268 e. The van der Waals surface area contributed by atoms with Gasteiger partial charge in [0.25, 0.3) is 11.8 Å². The van der Waals surface area contributed by atoms with Crippen molar-refractivity contribution in [2.75, 3.05) is 4.90 Å². The van der Waals surface area contributed by atoms with Gasteiger partial charge in [-0.2, -0.15) is 13.2 Å². The smallest absolute Gasteiger partial charge is 0.268 e. The molecule has 0 fully saturated rings. The number of halogens is 4. The molecule has 3 aromatic carbocycles. The van der Waals surface area contributed by atoms with Crippen LogP contribution < -0.4 is 4.90 Å². The molecule has 3 nitrogen and oxygen atoms in total. The van der Waals surface area contributed by atoms with E-state index in [1.807, 2.05) is 0 Å². The van der Waals surface area contributed by atoms with Crippen LogP contribution in [0.2, 0.25) is 5.02 Å². The monoisotopic (exact) mass is 375 g/mol. The van der Waals surface area contributed by atoms with E-state index in [4.69, 9.17) is 11.6 Å². The highest BCUT2D eigenvalue weighted by molar-refractivity contribution is 6.40. The van der Waals surface area contributed by atoms with Crippen molar-refractivity contribution in [3.63, 3.8) is 0 Å². The van der Waals surface area contributed by atoms with Crippen molar-refractivity contribution < 1.29 is 22.8 Å². The van der Waals surface area contributed by atoms with Crippen molar-refractivity contribution in [3.8, 4) is 0 Å². The van der Waals surface area contributed by atoms with Crippen LogP contribution in [-0.4, -0.2) is 11.8 Å². The summed E-state index contributed by atoms with van der Waals surface area (Å²) in [4.78, 5) is 26.5. The maximum Gasteiger partial charge on any atom is 0.416 e. The summed E-state index contributed by atoms with van der Waals surface area (Å²) >= 11 is 6.14. The summed E-state index contributed by atoms with van der Waals surface area (Å²) in [5.41, 5.74) is -0.628. The van der Waals surface area contributed by atoms with Gasteiger partial charge in [0, 0.05) is 26.9 Å². The second-order valence-electron chi connectivity index (χ2n) is 5.82. The fourth-order valence-corrected chi connectivity index (χ4v) is 3.34. The minimum absolute atomic E-state index is 0.132. The summed E-state index contributed by atoms with van der Waals surface area (Å²) in [5.74, 6) is -1.37. The molecule has 0 atom stereocenters. The first-order valence-electron chi connectivity index (χ1n) is 7.56. The molecule has 0 spiro atoms. The summed E-state index contributed by atoms with van der Waals surface area (Å²) in [7, 11) is 0. The van der Waals surface area contributed by atoms with Crippen LogP contribution in [0.1, 0.15) is 26.3 Å². The Morgan fingerprint density at radius 1 is 0.846 bits per heavy atom. The van der Waals surface area contributed by atoms with Crippen LogP contribution in [0.5, 0.6) is 0 Å². The number of alkyl halides is 3. The van der Waals surface area contributed by atoms with Crippen molar-refractivity contribution in [2.24, 2.45) is 0 Å². The Hall–Kier alpha value is -2.86. The lowest BCUT2D eigenvalue weighted by Crippen LogP contribution is -2.40. The van der Waals surface area contributed by atoms with Crippen LogP contribution in [0.15, 0.2) is 54.6 Å². The lowest BCUT2D eigenvalue weighted by atomic mass is 9.93. The molecule has 0 radical (unpaired) electrons. The lowest BCUT2D eigenvalue weighted by Gasteiger charge is -2.27. The molecule has 1 aliphatic heterocycles. The predicted molar refractivity (Wildman–Crippen MR) is 91.5 cm³/mol. The molecule has 0 N–H and O–H groups in total. The van der Waals surface area contributed by atoms with Gasteiger partial charge in [-0.1, -0.05) is 29.8 Å². The van der Waals surface area contributed by atoms with Crippen molar-refractivity contribution in [1.29, 1.82) is 0 Å². The number of amides is 2. The van der Waals surface area contributed by atoms with Crippen LogP contribution in [0.25, 0.3) is 10.8 Å². The number of hydrogen-bond acceptors (Lipinski definition) is 2. The van der Waals surface area contributed by atoms with E-state index < -0.39 is 23.6 Å². The average Bonchev–Trinajstić information content (AvgIpc) is 2.60. The van der Waals surface area contributed by atoms with Crippen LogP contribution in [-0.2, 0) is 6.18 Å². The van der Waals surface area contributed by atoms with Gasteiger partial charge >= 0.3 is 6.18 Å². The number of carbonyl (C=O) groups excluding carboxylic acids is 2. The van der Waals surface area contributed by atoms with E-state index in [9.17, 15) is 22.8 Å². The Morgan fingerprint density at radius 3 is 2.19 bits per heavy atom. The summed E-state index contributed by atoms with van der Waals surface area (Å²) in [6.07, 6.45) is -4.58. The summed E-state index contributed by atoms with van der Waals surface area (Å²) in [5, 5.41) is 1.35. The topological polar surface area (TPSA) is 37.4 Å². The molecule has 130 valence electrons. The molecule has 26 heavy (non-hydrogen) atoms. The SMILES string of the molecule is O=C1c2cccc3c(Cl)ccc(c23)C(=O)N1c1cccc(C(F)(F)F)c1. The molecule has 3 aromatic rings. The van der Waals surface area contributed by atoms with Gasteiger partial charge in [-0.05, 0) is 36.4 Å². The van der Waals surface area contributed by atoms with Crippen molar-refractivity contribution in [1.82, 2.24) is 0 Å². The Labute approximate surface area is 150 Å². The number of rotatable bonds is 1. The van der Waals surface area contributed by atoms with E-state index >= 15 is 0 Å². The molecule has 0 saturated carbocycles. The molecular weight excluding hydrogens is 367 g/mol. The zero-order valence-corrected chi connectivity index (χ0v) is 13.7. The van der Waals surface area contributed by atoms with Crippen molar-refractivity contribution >= 4 is 39.9 Å². The van der Waals surface area contributed by atoms with E-state index in [-0.39, 0.29) is 16.8 Å². The maximum atomic E-state index is 13.0. The number of benzene rings is 3. The Balaban J connectivity index is 1.93. The van der Waals surface area contributed by atoms with Crippen LogP contribution in [0.3, 0.4) is 0 Å². The van der Waals surface area contributed by atoms with Gasteiger partial charge in [0.2, 0.25) is 0 Å². The average molecular weight is 376 g/mol. The fourth-order valence-electron chi connectivity index (χ4n) is 3.12. The van der Waals surface area contributed by atoms with E-state index in [0.717, 1.165) is 23.1 Å². The van der Waals surface area contributed by atoms with Crippen molar-refractivity contribution in [3.05, 3.63) is 76.3 Å². The molecule has 0 aliphatic carbocycles. The largest absolute Gasteiger partial charge is 0.416 e. The molecule has 0 aromatic heterocycles. The second kappa shape index (κ2) is 5.57. The summed E-state index contributed by atoms with van der Waals surface area (Å²) in [6.45, 7) is 0. The summed E-state index contributed by atoms with van der Waals surface area (Å²) < 4.78 is 39.0. The molecule has 0 unspecified atom stereocenters. The molecule has 1 aliphatic rings. The molecule has 7 heteroatoms. The van der Waals surface area contributed by atoms with Gasteiger partial charge in [0.1, 0.15) is 0 Å². The van der Waals surface area contributed by atoms with E-state index in [2.05, 4.69) is 0 Å². The highest BCUT2D eigenvalue weighted by atomic mass is 35.5. The normalized spacial score (nSPS) is 14.2. The van der Waals surface area contributed by atoms with E-state index in [1.54, 1.807) is 12.1 Å². The molecule has 2 amide bonds.